The van der Waals surface area contributed by atoms with Crippen LogP contribution < -0.4 is 10.6 Å². The lowest BCUT2D eigenvalue weighted by molar-refractivity contribution is 1.12. The van der Waals surface area contributed by atoms with Crippen LogP contribution in [-0.2, 0) is 13.1 Å². The fraction of sp³-hybridized carbons (Fsp3) is 0.0455. The summed E-state index contributed by atoms with van der Waals surface area (Å²) in [5.74, 6) is 0. The Kier molecular flexibility index (Phi) is 5.69. The van der Waals surface area contributed by atoms with Gasteiger partial charge in [0, 0.05) is 68.3 Å². The normalized spacial score (nSPS) is 12.2. The third-order valence-electron chi connectivity index (χ3n) is 10.2. The van der Waals surface area contributed by atoms with Crippen LogP contribution in [0.1, 0.15) is 11.1 Å². The Bertz CT molecular complexity index is 2580. The van der Waals surface area contributed by atoms with Crippen LogP contribution in [0.3, 0.4) is 0 Å². The second-order valence-electron chi connectivity index (χ2n) is 13.1. The zero-order valence-corrected chi connectivity index (χ0v) is 26.9. The third-order valence-corrected chi connectivity index (χ3v) is 10.2. The van der Waals surface area contributed by atoms with Crippen molar-refractivity contribution < 1.29 is 0 Å². The van der Waals surface area contributed by atoms with Crippen LogP contribution in [0.15, 0.2) is 133 Å². The minimum absolute atomic E-state index is 0.728. The smallest absolute Gasteiger partial charge is 0.0979 e. The fourth-order valence-corrected chi connectivity index (χ4v) is 7.83. The van der Waals surface area contributed by atoms with Gasteiger partial charge in [0.05, 0.1) is 44.8 Å². The number of anilines is 2. The summed E-state index contributed by atoms with van der Waals surface area (Å²) in [5, 5.41) is 12.2. The van der Waals surface area contributed by atoms with Gasteiger partial charge >= 0.3 is 0 Å². The Morgan fingerprint density at radius 3 is 1.08 bits per heavy atom. The SMILES string of the molecule is c1ccc2nc3c(nc2c1)-c1cccc2c(NCc4ccc(CNc5ccc6c7c(cccc57)-c5nc7ccccc7nc5-6)cc4)ccc-3c12. The van der Waals surface area contributed by atoms with Gasteiger partial charge in [-0.3, -0.25) is 0 Å². The molecule has 0 amide bonds. The van der Waals surface area contributed by atoms with Crippen molar-refractivity contribution in [3.05, 3.63) is 145 Å². The molecule has 7 aromatic carbocycles. The van der Waals surface area contributed by atoms with Crippen LogP contribution >= 0.6 is 0 Å². The number of para-hydroxylation sites is 4. The molecule has 0 saturated heterocycles. The number of aromatic nitrogens is 4. The highest BCUT2D eigenvalue weighted by Gasteiger charge is 2.27. The van der Waals surface area contributed by atoms with Crippen LogP contribution in [-0.4, -0.2) is 19.9 Å². The topological polar surface area (TPSA) is 75.6 Å². The number of fused-ring (bicyclic) bond motifs is 8. The van der Waals surface area contributed by atoms with Gasteiger partial charge in [-0.2, -0.15) is 0 Å². The van der Waals surface area contributed by atoms with Crippen LogP contribution in [0.5, 0.6) is 0 Å². The van der Waals surface area contributed by atoms with Crippen molar-refractivity contribution in [2.45, 2.75) is 13.1 Å². The Balaban J connectivity index is 0.827. The molecular formula is C44H28N6. The first kappa shape index (κ1) is 27.3. The van der Waals surface area contributed by atoms with E-state index < -0.39 is 0 Å². The van der Waals surface area contributed by atoms with Gasteiger partial charge in [0.15, 0.2) is 0 Å². The molecule has 6 heteroatoms. The average Bonchev–Trinajstić information content (AvgIpc) is 3.66. The maximum Gasteiger partial charge on any atom is 0.0979 e. The van der Waals surface area contributed by atoms with Gasteiger partial charge in [-0.25, -0.2) is 19.9 Å². The van der Waals surface area contributed by atoms with Gasteiger partial charge in [-0.05, 0) is 47.5 Å². The highest BCUT2D eigenvalue weighted by atomic mass is 14.9. The van der Waals surface area contributed by atoms with Crippen molar-refractivity contribution in [2.75, 3.05) is 10.6 Å². The summed E-state index contributed by atoms with van der Waals surface area (Å²) in [6.45, 7) is 1.46. The molecule has 11 rings (SSSR count). The highest BCUT2D eigenvalue weighted by molar-refractivity contribution is 6.18. The van der Waals surface area contributed by atoms with Gasteiger partial charge < -0.3 is 10.6 Å². The van der Waals surface area contributed by atoms with Crippen molar-refractivity contribution in [3.63, 3.8) is 0 Å². The van der Waals surface area contributed by atoms with Crippen molar-refractivity contribution in [1.82, 2.24) is 19.9 Å². The van der Waals surface area contributed by atoms with E-state index in [-0.39, 0.29) is 0 Å². The standard InChI is InChI=1S/C44H28N6/c1-3-13-37-35(11-1)47-41-29-9-5-7-27-33(21-19-31(39(27)29)43(41)49-37)45-23-25-15-17-26(18-16-25)24-46-34-22-20-32-40-28(34)8-6-10-30(40)42-44(32)50-38-14-4-2-12-36(38)48-42/h1-22,45-46H,23-24H2. The largest absolute Gasteiger partial charge is 0.380 e. The second kappa shape index (κ2) is 10.4. The van der Waals surface area contributed by atoms with E-state index in [1.165, 1.54) is 32.7 Å². The maximum absolute atomic E-state index is 5.01. The molecule has 0 spiro atoms. The van der Waals surface area contributed by atoms with Crippen molar-refractivity contribution in [2.24, 2.45) is 0 Å². The van der Waals surface area contributed by atoms with Gasteiger partial charge in [-0.15, -0.1) is 0 Å². The zero-order valence-electron chi connectivity index (χ0n) is 26.9. The number of nitrogens with one attached hydrogen (secondary N) is 2. The van der Waals surface area contributed by atoms with E-state index in [4.69, 9.17) is 19.9 Å². The van der Waals surface area contributed by atoms with Gasteiger partial charge in [0.25, 0.3) is 0 Å². The predicted molar refractivity (Wildman–Crippen MR) is 204 cm³/mol. The average molecular weight is 641 g/mol. The Morgan fingerprint density at radius 1 is 0.340 bits per heavy atom. The number of benzene rings is 7. The van der Waals surface area contributed by atoms with Crippen LogP contribution in [0.2, 0.25) is 0 Å². The lowest BCUT2D eigenvalue weighted by Crippen LogP contribution is -2.02. The third kappa shape index (κ3) is 4.02. The minimum atomic E-state index is 0.728. The lowest BCUT2D eigenvalue weighted by Gasteiger charge is -2.13. The first-order chi connectivity index (χ1) is 24.8. The molecule has 0 atom stereocenters. The van der Waals surface area contributed by atoms with E-state index in [9.17, 15) is 0 Å². The van der Waals surface area contributed by atoms with Crippen LogP contribution in [0, 0.1) is 0 Å². The molecule has 9 aromatic rings. The predicted octanol–water partition coefficient (Wildman–Crippen LogP) is 10.4. The molecule has 0 bridgehead atoms. The van der Waals surface area contributed by atoms with E-state index in [0.29, 0.717) is 0 Å². The minimum Gasteiger partial charge on any atom is -0.380 e. The first-order valence-corrected chi connectivity index (χ1v) is 17.0. The molecule has 0 fully saturated rings. The zero-order chi connectivity index (χ0) is 32.8. The molecule has 2 heterocycles. The molecule has 6 nitrogen and oxygen atoms in total. The van der Waals surface area contributed by atoms with E-state index in [2.05, 4.69) is 95.6 Å². The van der Waals surface area contributed by atoms with Gasteiger partial charge in [0.1, 0.15) is 0 Å². The molecule has 234 valence electrons. The first-order valence-electron chi connectivity index (χ1n) is 17.0. The summed E-state index contributed by atoms with van der Waals surface area (Å²) in [6, 6.07) is 46.7. The Hall–Kier alpha value is -6.66. The summed E-state index contributed by atoms with van der Waals surface area (Å²) in [7, 11) is 0. The molecular weight excluding hydrogens is 613 g/mol. The summed E-state index contributed by atoms with van der Waals surface area (Å²) in [6.07, 6.45) is 0. The van der Waals surface area contributed by atoms with Crippen LogP contribution in [0.4, 0.5) is 11.4 Å². The van der Waals surface area contributed by atoms with Gasteiger partial charge in [0.2, 0.25) is 0 Å². The molecule has 2 N–H and O–H groups in total. The molecule has 2 aliphatic rings. The quantitative estimate of drug-likeness (QED) is 0.188. The summed E-state index contributed by atoms with van der Waals surface area (Å²) >= 11 is 0. The van der Waals surface area contributed by atoms with Crippen molar-refractivity contribution in [1.29, 1.82) is 0 Å². The molecule has 2 aromatic heterocycles. The number of nitrogens with zero attached hydrogens (tertiary/aromatic N) is 4. The molecule has 0 aliphatic heterocycles. The Morgan fingerprint density at radius 2 is 0.700 bits per heavy atom. The monoisotopic (exact) mass is 640 g/mol. The van der Waals surface area contributed by atoms with E-state index in [0.717, 1.165) is 91.6 Å². The highest BCUT2D eigenvalue weighted by Crippen LogP contribution is 2.49. The number of rotatable bonds is 6. The van der Waals surface area contributed by atoms with E-state index >= 15 is 0 Å². The van der Waals surface area contributed by atoms with E-state index in [1.54, 1.807) is 0 Å². The molecule has 50 heavy (non-hydrogen) atoms. The van der Waals surface area contributed by atoms with E-state index in [1.807, 2.05) is 48.5 Å². The van der Waals surface area contributed by atoms with Crippen molar-refractivity contribution in [3.8, 4) is 45.0 Å². The fourth-order valence-electron chi connectivity index (χ4n) is 7.83. The second-order valence-corrected chi connectivity index (χ2v) is 13.1. The summed E-state index contributed by atoms with van der Waals surface area (Å²) < 4.78 is 0. The molecule has 0 unspecified atom stereocenters. The van der Waals surface area contributed by atoms with Crippen LogP contribution in [0.25, 0.3) is 88.6 Å². The number of hydrogen-bond acceptors (Lipinski definition) is 6. The van der Waals surface area contributed by atoms with Crippen molar-refractivity contribution >= 4 is 55.0 Å². The Labute approximate surface area is 287 Å². The number of hydrogen-bond donors (Lipinski definition) is 2. The van der Waals surface area contributed by atoms with Gasteiger partial charge in [-0.1, -0.05) is 97.1 Å². The summed E-state index contributed by atoms with van der Waals surface area (Å²) in [4.78, 5) is 20.0. The summed E-state index contributed by atoms with van der Waals surface area (Å²) in [5.41, 5.74) is 16.9. The molecule has 0 saturated carbocycles. The lowest BCUT2D eigenvalue weighted by atomic mass is 10.0. The molecule has 2 aliphatic carbocycles. The molecule has 0 radical (unpaired) electrons. The maximum atomic E-state index is 5.01.